The van der Waals surface area contributed by atoms with E-state index in [9.17, 15) is 14.4 Å². The molecule has 1 fully saturated rings. The summed E-state index contributed by atoms with van der Waals surface area (Å²) >= 11 is 0.979. The van der Waals surface area contributed by atoms with Gasteiger partial charge in [-0.25, -0.2) is 0 Å². The normalized spacial score (nSPS) is 20.1. The van der Waals surface area contributed by atoms with Crippen molar-refractivity contribution in [3.8, 4) is 0 Å². The minimum atomic E-state index is -0.210. The number of piperidine rings is 1. The van der Waals surface area contributed by atoms with Gasteiger partial charge in [0, 0.05) is 66.7 Å². The van der Waals surface area contributed by atoms with Crippen LogP contribution < -0.4 is 15.6 Å². The van der Waals surface area contributed by atoms with Gasteiger partial charge in [0.05, 0.1) is 4.88 Å². The minimum absolute atomic E-state index is 0.0917. The molecule has 7 nitrogen and oxygen atoms in total. The summed E-state index contributed by atoms with van der Waals surface area (Å²) in [5.41, 5.74) is 2.67. The average molecular weight is 461 g/mol. The Morgan fingerprint density at radius 2 is 1.94 bits per heavy atom. The number of aromatic nitrogens is 2. The Labute approximate surface area is 193 Å². The largest absolute Gasteiger partial charge is 0.351 e. The van der Waals surface area contributed by atoms with E-state index < -0.39 is 0 Å². The quantitative estimate of drug-likeness (QED) is 0.490. The molecule has 0 saturated carbocycles. The van der Waals surface area contributed by atoms with Crippen molar-refractivity contribution >= 4 is 39.0 Å². The van der Waals surface area contributed by atoms with Crippen LogP contribution in [0, 0.1) is 5.92 Å². The van der Waals surface area contributed by atoms with E-state index in [1.807, 2.05) is 41.0 Å². The fourth-order valence-corrected chi connectivity index (χ4v) is 6.30. The maximum atomic E-state index is 12.8. The monoisotopic (exact) mass is 460 g/mol. The van der Waals surface area contributed by atoms with Crippen molar-refractivity contribution in [2.24, 2.45) is 5.92 Å². The SMILES string of the molecule is O=C(NCCN1C[C@@H]2C[C@@H](C1)c1cccc(=O)n1C2)c1cc2c([nH]c3ccccc32)c(=O)s1. The Morgan fingerprint density at radius 3 is 2.85 bits per heavy atom. The van der Waals surface area contributed by atoms with E-state index >= 15 is 0 Å². The molecule has 3 aromatic heterocycles. The van der Waals surface area contributed by atoms with Gasteiger partial charge in [-0.2, -0.15) is 0 Å². The van der Waals surface area contributed by atoms with Crippen LogP contribution in [0.3, 0.4) is 0 Å². The van der Waals surface area contributed by atoms with Crippen LogP contribution in [-0.4, -0.2) is 46.5 Å². The first-order valence-electron chi connectivity index (χ1n) is 11.3. The number of amides is 1. The second-order valence-corrected chi connectivity index (χ2v) is 10.1. The Bertz CT molecular complexity index is 1500. The first kappa shape index (κ1) is 20.4. The van der Waals surface area contributed by atoms with Crippen LogP contribution in [-0.2, 0) is 6.54 Å². The number of hydrogen-bond acceptors (Lipinski definition) is 5. The Kier molecular flexibility index (Phi) is 4.92. The first-order valence-corrected chi connectivity index (χ1v) is 12.1. The standard InChI is InChI=1S/C25H24N4O3S/c30-22-7-3-6-20-16-10-15(13-29(20)22)12-28(14-16)9-8-26-24(31)21-11-18-17-4-1-2-5-19(17)27-23(18)25(32)33-21/h1-7,11,15-16,27H,8-10,12-14H2,(H,26,31)/t15-,16-/m0/s1. The maximum absolute atomic E-state index is 12.8. The first-order chi connectivity index (χ1) is 16.1. The second-order valence-electron chi connectivity index (χ2n) is 9.07. The van der Waals surface area contributed by atoms with E-state index in [0.29, 0.717) is 28.8 Å². The van der Waals surface area contributed by atoms with Crippen molar-refractivity contribution < 1.29 is 4.79 Å². The number of benzene rings is 1. The summed E-state index contributed by atoms with van der Waals surface area (Å²) in [4.78, 5) is 43.6. The van der Waals surface area contributed by atoms with Gasteiger partial charge >= 0.3 is 0 Å². The summed E-state index contributed by atoms with van der Waals surface area (Å²) in [5, 5.41) is 4.74. The molecule has 8 heteroatoms. The summed E-state index contributed by atoms with van der Waals surface area (Å²) in [6.07, 6.45) is 1.12. The van der Waals surface area contributed by atoms with Crippen LogP contribution in [0.15, 0.2) is 58.1 Å². The van der Waals surface area contributed by atoms with E-state index in [0.717, 1.165) is 65.9 Å². The van der Waals surface area contributed by atoms with Gasteiger partial charge in [-0.3, -0.25) is 14.4 Å². The zero-order valence-electron chi connectivity index (χ0n) is 18.0. The van der Waals surface area contributed by atoms with E-state index in [1.54, 1.807) is 6.07 Å². The van der Waals surface area contributed by atoms with Crippen molar-refractivity contribution in [2.75, 3.05) is 26.2 Å². The number of carbonyl (C=O) groups excluding carboxylic acids is 1. The lowest BCUT2D eigenvalue weighted by atomic mass is 9.83. The third-order valence-electron chi connectivity index (χ3n) is 6.92. The summed E-state index contributed by atoms with van der Waals surface area (Å²) in [6, 6.07) is 15.1. The fraction of sp³-hybridized carbons (Fsp3) is 0.320. The second kappa shape index (κ2) is 7.97. The molecule has 2 atom stereocenters. The number of para-hydroxylation sites is 1. The Morgan fingerprint density at radius 1 is 1.06 bits per heavy atom. The van der Waals surface area contributed by atoms with Gasteiger partial charge in [0.2, 0.25) is 0 Å². The maximum Gasteiger partial charge on any atom is 0.261 e. The van der Waals surface area contributed by atoms with E-state index in [1.165, 1.54) is 0 Å². The lowest BCUT2D eigenvalue weighted by Gasteiger charge is -2.42. The van der Waals surface area contributed by atoms with E-state index in [-0.39, 0.29) is 16.2 Å². The zero-order chi connectivity index (χ0) is 22.5. The molecule has 33 heavy (non-hydrogen) atoms. The molecule has 1 amide bonds. The number of carbonyl (C=O) groups is 1. The Hall–Kier alpha value is -3.23. The minimum Gasteiger partial charge on any atom is -0.351 e. The number of aromatic amines is 1. The molecular formula is C25H24N4O3S. The highest BCUT2D eigenvalue weighted by Gasteiger charge is 2.34. The number of H-pyrrole nitrogens is 1. The molecule has 1 saturated heterocycles. The highest BCUT2D eigenvalue weighted by Crippen LogP contribution is 2.34. The predicted octanol–water partition coefficient (Wildman–Crippen LogP) is 2.75. The fourth-order valence-electron chi connectivity index (χ4n) is 5.49. The molecule has 1 aromatic carbocycles. The predicted molar refractivity (Wildman–Crippen MR) is 130 cm³/mol. The third-order valence-corrected chi connectivity index (χ3v) is 7.83. The molecule has 0 aliphatic carbocycles. The van der Waals surface area contributed by atoms with Crippen LogP contribution in [0.2, 0.25) is 0 Å². The van der Waals surface area contributed by atoms with Gasteiger partial charge in [-0.1, -0.05) is 35.6 Å². The van der Waals surface area contributed by atoms with Crippen molar-refractivity contribution in [3.05, 3.63) is 79.0 Å². The van der Waals surface area contributed by atoms with Gasteiger partial charge in [0.25, 0.3) is 16.2 Å². The van der Waals surface area contributed by atoms with E-state index in [4.69, 9.17) is 0 Å². The summed E-state index contributed by atoms with van der Waals surface area (Å²) in [6.45, 7) is 3.87. The highest BCUT2D eigenvalue weighted by molar-refractivity contribution is 7.12. The number of hydrogen-bond donors (Lipinski definition) is 2. The lowest BCUT2D eigenvalue weighted by Crippen LogP contribution is -2.48. The molecular weight excluding hydrogens is 436 g/mol. The number of likely N-dealkylation sites (tertiary alicyclic amines) is 1. The molecule has 0 radical (unpaired) electrons. The van der Waals surface area contributed by atoms with Crippen LogP contribution >= 0.6 is 11.3 Å². The van der Waals surface area contributed by atoms with Crippen molar-refractivity contribution in [3.63, 3.8) is 0 Å². The highest BCUT2D eigenvalue weighted by atomic mass is 32.1. The van der Waals surface area contributed by atoms with Gasteiger partial charge < -0.3 is 19.8 Å². The van der Waals surface area contributed by atoms with Gasteiger partial charge in [-0.15, -0.1) is 0 Å². The van der Waals surface area contributed by atoms with Crippen molar-refractivity contribution in [2.45, 2.75) is 18.9 Å². The summed E-state index contributed by atoms with van der Waals surface area (Å²) in [5.74, 6) is 0.608. The van der Waals surface area contributed by atoms with Crippen LogP contribution in [0.25, 0.3) is 21.8 Å². The average Bonchev–Trinajstić information content (AvgIpc) is 3.19. The van der Waals surface area contributed by atoms with Gasteiger partial charge in [-0.05, 0) is 30.5 Å². The number of fused-ring (bicyclic) bond motifs is 7. The summed E-state index contributed by atoms with van der Waals surface area (Å²) in [7, 11) is 0. The van der Waals surface area contributed by atoms with Crippen LogP contribution in [0.5, 0.6) is 0 Å². The number of nitrogens with zero attached hydrogens (tertiary/aromatic N) is 2. The summed E-state index contributed by atoms with van der Waals surface area (Å²) < 4.78 is 1.80. The molecule has 6 rings (SSSR count). The molecule has 2 bridgehead atoms. The van der Waals surface area contributed by atoms with Gasteiger partial charge in [0.15, 0.2) is 0 Å². The smallest absolute Gasteiger partial charge is 0.261 e. The number of pyridine rings is 1. The third kappa shape index (κ3) is 3.59. The molecule has 2 N–H and O–H groups in total. The number of nitrogens with one attached hydrogen (secondary N) is 2. The molecule has 2 aliphatic heterocycles. The van der Waals surface area contributed by atoms with E-state index in [2.05, 4.69) is 21.3 Å². The van der Waals surface area contributed by atoms with Crippen molar-refractivity contribution in [1.82, 2.24) is 19.8 Å². The molecule has 0 spiro atoms. The Balaban J connectivity index is 1.14. The molecule has 4 aromatic rings. The molecule has 2 aliphatic rings. The topological polar surface area (TPSA) is 87.2 Å². The zero-order valence-corrected chi connectivity index (χ0v) is 18.9. The van der Waals surface area contributed by atoms with Gasteiger partial charge in [0.1, 0.15) is 5.52 Å². The van der Waals surface area contributed by atoms with Crippen LogP contribution in [0.1, 0.15) is 27.7 Å². The lowest BCUT2D eigenvalue weighted by molar-refractivity contribution is 0.0931. The van der Waals surface area contributed by atoms with Crippen molar-refractivity contribution in [1.29, 1.82) is 0 Å². The molecule has 168 valence electrons. The number of rotatable bonds is 4. The molecule has 0 unspecified atom stereocenters. The molecule has 5 heterocycles. The van der Waals surface area contributed by atoms with Crippen LogP contribution in [0.4, 0.5) is 0 Å².